The molecule has 148 valence electrons. The first kappa shape index (κ1) is 19.6. The number of carbonyl (C=O) groups is 1. The van der Waals surface area contributed by atoms with Gasteiger partial charge in [0.2, 0.25) is 0 Å². The lowest BCUT2D eigenvalue weighted by atomic mass is 9.88. The third-order valence-corrected chi connectivity index (χ3v) is 5.46. The van der Waals surface area contributed by atoms with Crippen LogP contribution in [0.25, 0.3) is 10.8 Å². The maximum Gasteiger partial charge on any atom is 0.416 e. The lowest BCUT2D eigenvalue weighted by molar-refractivity contribution is -0.137. The normalized spacial score (nSPS) is 19.9. The van der Waals surface area contributed by atoms with Crippen LogP contribution in [0.2, 0.25) is 5.02 Å². The van der Waals surface area contributed by atoms with Crippen LogP contribution in [0.4, 0.5) is 17.6 Å². The van der Waals surface area contributed by atoms with Crippen molar-refractivity contribution in [3.8, 4) is 0 Å². The molecule has 1 aliphatic carbocycles. The van der Waals surface area contributed by atoms with Gasteiger partial charge >= 0.3 is 6.18 Å². The molecule has 7 heteroatoms. The largest absolute Gasteiger partial charge is 0.416 e. The van der Waals surface area contributed by atoms with Gasteiger partial charge in [0.15, 0.2) is 5.78 Å². The minimum Gasteiger partial charge on any atom is -0.309 e. The molecule has 2 atom stereocenters. The van der Waals surface area contributed by atoms with Gasteiger partial charge in [-0.15, -0.1) is 0 Å². The summed E-state index contributed by atoms with van der Waals surface area (Å²) in [5.41, 5.74) is -0.402. The number of alkyl halides is 3. The van der Waals surface area contributed by atoms with Gasteiger partial charge in [-0.3, -0.25) is 4.79 Å². The Balaban J connectivity index is 1.80. The van der Waals surface area contributed by atoms with E-state index in [-0.39, 0.29) is 23.1 Å². The van der Waals surface area contributed by atoms with Gasteiger partial charge in [-0.2, -0.15) is 13.2 Å². The second-order valence-corrected chi connectivity index (χ2v) is 7.51. The van der Waals surface area contributed by atoms with Crippen LogP contribution >= 0.6 is 11.6 Å². The van der Waals surface area contributed by atoms with Crippen LogP contribution in [0.5, 0.6) is 0 Å². The molecule has 2 nitrogen and oxygen atoms in total. The Labute approximate surface area is 168 Å². The summed E-state index contributed by atoms with van der Waals surface area (Å²) in [6.07, 6.45) is -4.55. The number of halogens is 5. The van der Waals surface area contributed by atoms with Gasteiger partial charge in [-0.05, 0) is 47.2 Å². The van der Waals surface area contributed by atoms with Crippen molar-refractivity contribution in [2.75, 3.05) is 0 Å². The van der Waals surface area contributed by atoms with E-state index in [2.05, 4.69) is 0 Å². The number of nitrogens with one attached hydrogen (secondary N) is 1. The molecule has 2 unspecified atom stereocenters. The van der Waals surface area contributed by atoms with Crippen molar-refractivity contribution in [2.24, 2.45) is 0 Å². The zero-order chi connectivity index (χ0) is 20.9. The van der Waals surface area contributed by atoms with E-state index in [0.29, 0.717) is 16.0 Å². The average molecular weight is 420 g/mol. The molecule has 0 aliphatic heterocycles. The summed E-state index contributed by atoms with van der Waals surface area (Å²) >= 11 is 6.15. The topological polar surface area (TPSA) is 40.9 Å². The van der Waals surface area contributed by atoms with E-state index in [1.807, 2.05) is 0 Å². The maximum absolute atomic E-state index is 14.5. The molecule has 1 N–H and O–H groups in total. The fourth-order valence-corrected chi connectivity index (χ4v) is 4.22. The van der Waals surface area contributed by atoms with Gasteiger partial charge in [-0.25, -0.2) is 4.39 Å². The van der Waals surface area contributed by atoms with E-state index < -0.39 is 35.2 Å². The van der Waals surface area contributed by atoms with Gasteiger partial charge in [0.25, 0.3) is 0 Å². The molecule has 0 radical (unpaired) electrons. The predicted octanol–water partition coefficient (Wildman–Crippen LogP) is 6.51. The van der Waals surface area contributed by atoms with Crippen LogP contribution in [0.15, 0.2) is 54.6 Å². The molecule has 3 aromatic rings. The molecule has 0 aromatic heterocycles. The van der Waals surface area contributed by atoms with Crippen molar-refractivity contribution in [1.82, 2.24) is 0 Å². The van der Waals surface area contributed by atoms with Gasteiger partial charge < -0.3 is 5.41 Å². The second-order valence-electron chi connectivity index (χ2n) is 7.07. The van der Waals surface area contributed by atoms with Crippen molar-refractivity contribution in [2.45, 2.75) is 24.4 Å². The first-order valence-corrected chi connectivity index (χ1v) is 9.20. The molecular formula is C22H14ClF4NO. The molecule has 0 bridgehead atoms. The van der Waals surface area contributed by atoms with Gasteiger partial charge in [0.05, 0.1) is 11.5 Å². The summed E-state index contributed by atoms with van der Waals surface area (Å²) in [4.78, 5) is 13.2. The van der Waals surface area contributed by atoms with Crippen LogP contribution in [0.1, 0.15) is 34.9 Å². The minimum absolute atomic E-state index is 0.00349. The SMILES string of the molecule is N=C1CC(c2cc(Cl)cc3cccc(F)c23)C(=O)C1c1cccc(C(F)(F)F)c1. The molecule has 1 aliphatic rings. The summed E-state index contributed by atoms with van der Waals surface area (Å²) in [7, 11) is 0. The Hall–Kier alpha value is -2.73. The highest BCUT2D eigenvalue weighted by Gasteiger charge is 2.42. The van der Waals surface area contributed by atoms with Crippen molar-refractivity contribution in [3.63, 3.8) is 0 Å². The summed E-state index contributed by atoms with van der Waals surface area (Å²) in [5, 5.41) is 9.35. The number of carbonyl (C=O) groups excluding carboxylic acids is 1. The molecule has 1 fully saturated rings. The third kappa shape index (κ3) is 3.42. The summed E-state index contributed by atoms with van der Waals surface area (Å²) in [6.45, 7) is 0. The smallest absolute Gasteiger partial charge is 0.309 e. The van der Waals surface area contributed by atoms with Crippen LogP contribution in [-0.4, -0.2) is 11.5 Å². The monoisotopic (exact) mass is 419 g/mol. The lowest BCUT2D eigenvalue weighted by Crippen LogP contribution is -2.16. The van der Waals surface area contributed by atoms with E-state index in [1.165, 1.54) is 30.3 Å². The van der Waals surface area contributed by atoms with Gasteiger partial charge in [0.1, 0.15) is 5.82 Å². The minimum atomic E-state index is -4.55. The molecule has 0 spiro atoms. The number of hydrogen-bond acceptors (Lipinski definition) is 2. The Morgan fingerprint density at radius 1 is 1.03 bits per heavy atom. The van der Waals surface area contributed by atoms with Crippen LogP contribution in [0.3, 0.4) is 0 Å². The van der Waals surface area contributed by atoms with Crippen molar-refractivity contribution in [1.29, 1.82) is 5.41 Å². The van der Waals surface area contributed by atoms with E-state index in [0.717, 1.165) is 12.1 Å². The zero-order valence-electron chi connectivity index (χ0n) is 14.9. The Morgan fingerprint density at radius 2 is 1.76 bits per heavy atom. The number of fused-ring (bicyclic) bond motifs is 1. The van der Waals surface area contributed by atoms with E-state index in [9.17, 15) is 22.4 Å². The van der Waals surface area contributed by atoms with Crippen molar-refractivity contribution < 1.29 is 22.4 Å². The molecule has 4 rings (SSSR count). The first-order chi connectivity index (χ1) is 13.7. The summed E-state index contributed by atoms with van der Waals surface area (Å²) in [5.74, 6) is -2.89. The fraction of sp³-hybridized carbons (Fsp3) is 0.182. The summed E-state index contributed by atoms with van der Waals surface area (Å²) < 4.78 is 53.7. The van der Waals surface area contributed by atoms with Gasteiger partial charge in [0, 0.05) is 22.0 Å². The molecule has 0 saturated heterocycles. The second kappa shape index (κ2) is 6.95. The number of ketones is 1. The highest BCUT2D eigenvalue weighted by molar-refractivity contribution is 6.31. The van der Waals surface area contributed by atoms with Crippen LogP contribution < -0.4 is 0 Å². The quantitative estimate of drug-likeness (QED) is 0.472. The fourth-order valence-electron chi connectivity index (χ4n) is 3.99. The van der Waals surface area contributed by atoms with Gasteiger partial charge in [-0.1, -0.05) is 41.9 Å². The maximum atomic E-state index is 14.5. The van der Waals surface area contributed by atoms with E-state index in [1.54, 1.807) is 12.1 Å². The highest BCUT2D eigenvalue weighted by atomic mass is 35.5. The molecule has 29 heavy (non-hydrogen) atoms. The van der Waals surface area contributed by atoms with E-state index >= 15 is 0 Å². The number of hydrogen-bond donors (Lipinski definition) is 1. The number of benzene rings is 3. The molecule has 0 amide bonds. The van der Waals surface area contributed by atoms with E-state index in [4.69, 9.17) is 17.0 Å². The third-order valence-electron chi connectivity index (χ3n) is 5.24. The zero-order valence-corrected chi connectivity index (χ0v) is 15.6. The standard InChI is InChI=1S/C22H14ClF4NO/c23-14-8-12-4-2-6-17(24)19(12)15(9-14)16-10-18(28)20(21(16)29)11-3-1-5-13(7-11)22(25,26)27/h1-9,16,20,28H,10H2. The molecule has 1 saturated carbocycles. The highest BCUT2D eigenvalue weighted by Crippen LogP contribution is 2.43. The average Bonchev–Trinajstić information content (AvgIpc) is 2.94. The Bertz CT molecular complexity index is 1160. The predicted molar refractivity (Wildman–Crippen MR) is 103 cm³/mol. The van der Waals surface area contributed by atoms with Crippen LogP contribution in [0, 0.1) is 11.2 Å². The van der Waals surface area contributed by atoms with Crippen LogP contribution in [-0.2, 0) is 11.0 Å². The lowest BCUT2D eigenvalue weighted by Gasteiger charge is -2.15. The molecule has 3 aromatic carbocycles. The Morgan fingerprint density at radius 3 is 2.48 bits per heavy atom. The van der Waals surface area contributed by atoms with Crippen molar-refractivity contribution >= 4 is 33.9 Å². The number of rotatable bonds is 2. The Kier molecular flexibility index (Phi) is 4.69. The first-order valence-electron chi connectivity index (χ1n) is 8.82. The number of Topliss-reactive ketones (excluding diaryl/α,β-unsaturated/α-hetero) is 1. The molecule has 0 heterocycles. The summed E-state index contributed by atoms with van der Waals surface area (Å²) in [6, 6.07) is 12.0. The van der Waals surface area contributed by atoms with Crippen molar-refractivity contribution in [3.05, 3.63) is 82.1 Å². The molecular weight excluding hydrogens is 406 g/mol.